The van der Waals surface area contributed by atoms with Crippen LogP contribution in [0.1, 0.15) is 12.5 Å². The van der Waals surface area contributed by atoms with E-state index < -0.39 is 0 Å². The Morgan fingerprint density at radius 1 is 1.05 bits per heavy atom. The second-order valence-electron chi connectivity index (χ2n) is 4.64. The van der Waals surface area contributed by atoms with Crippen molar-refractivity contribution in [2.45, 2.75) is 13.3 Å². The summed E-state index contributed by atoms with van der Waals surface area (Å²) in [5.74, 6) is 1.09. The van der Waals surface area contributed by atoms with Gasteiger partial charge in [-0.3, -0.25) is 0 Å². The Morgan fingerprint density at radius 2 is 1.80 bits per heavy atom. The molecule has 0 radical (unpaired) electrons. The average molecular weight is 284 g/mol. The van der Waals surface area contributed by atoms with E-state index in [0.29, 0.717) is 16.7 Å². The van der Waals surface area contributed by atoms with Gasteiger partial charge in [-0.05, 0) is 30.2 Å². The third-order valence-electron chi connectivity index (χ3n) is 3.31. The number of rotatable bonds is 2. The van der Waals surface area contributed by atoms with Crippen LogP contribution in [0.25, 0.3) is 22.3 Å². The summed E-state index contributed by atoms with van der Waals surface area (Å²) in [6.45, 7) is 2.13. The fourth-order valence-electron chi connectivity index (χ4n) is 2.14. The number of benzene rings is 2. The minimum Gasteiger partial charge on any atom is -0.383 e. The molecule has 20 heavy (non-hydrogen) atoms. The minimum absolute atomic E-state index is 0.451. The van der Waals surface area contributed by atoms with Crippen LogP contribution in [0.4, 0.5) is 5.82 Å². The molecule has 0 aliphatic carbocycles. The summed E-state index contributed by atoms with van der Waals surface area (Å²) < 4.78 is 0. The van der Waals surface area contributed by atoms with E-state index in [9.17, 15) is 0 Å². The molecule has 2 N–H and O–H groups in total. The largest absolute Gasteiger partial charge is 0.383 e. The van der Waals surface area contributed by atoms with Gasteiger partial charge in [-0.15, -0.1) is 0 Å². The molecule has 3 rings (SSSR count). The van der Waals surface area contributed by atoms with Gasteiger partial charge in [-0.25, -0.2) is 9.97 Å². The van der Waals surface area contributed by atoms with Crippen molar-refractivity contribution in [3.63, 3.8) is 0 Å². The zero-order valence-electron chi connectivity index (χ0n) is 11.1. The number of fused-ring (bicyclic) bond motifs is 1. The minimum atomic E-state index is 0.451. The highest BCUT2D eigenvalue weighted by molar-refractivity contribution is 6.31. The molecule has 0 bridgehead atoms. The maximum Gasteiger partial charge on any atom is 0.162 e. The summed E-state index contributed by atoms with van der Waals surface area (Å²) in [5.41, 5.74) is 9.06. The van der Waals surface area contributed by atoms with Gasteiger partial charge in [0.1, 0.15) is 5.82 Å². The van der Waals surface area contributed by atoms with Crippen molar-refractivity contribution in [3.8, 4) is 11.4 Å². The van der Waals surface area contributed by atoms with Crippen molar-refractivity contribution in [1.29, 1.82) is 0 Å². The first kappa shape index (κ1) is 12.9. The molecule has 0 unspecified atom stereocenters. The molecule has 4 heteroatoms. The van der Waals surface area contributed by atoms with Crippen LogP contribution < -0.4 is 5.73 Å². The molecule has 0 saturated heterocycles. The fourth-order valence-corrected chi connectivity index (χ4v) is 2.32. The highest BCUT2D eigenvalue weighted by atomic mass is 35.5. The predicted molar refractivity (Wildman–Crippen MR) is 83.8 cm³/mol. The van der Waals surface area contributed by atoms with Crippen molar-refractivity contribution in [1.82, 2.24) is 9.97 Å². The Bertz CT molecular complexity index is 767. The molecule has 0 aliphatic rings. The van der Waals surface area contributed by atoms with Crippen molar-refractivity contribution in [2.24, 2.45) is 0 Å². The van der Waals surface area contributed by atoms with Gasteiger partial charge in [0.15, 0.2) is 5.82 Å². The van der Waals surface area contributed by atoms with Crippen LogP contribution in [0.2, 0.25) is 5.02 Å². The van der Waals surface area contributed by atoms with E-state index in [4.69, 9.17) is 17.3 Å². The Labute approximate surface area is 122 Å². The van der Waals surface area contributed by atoms with E-state index in [1.54, 1.807) is 12.1 Å². The maximum atomic E-state index is 6.01. The van der Waals surface area contributed by atoms with Gasteiger partial charge in [0.2, 0.25) is 0 Å². The molecule has 3 nitrogen and oxygen atoms in total. The molecule has 100 valence electrons. The SMILES string of the molecule is CCc1ccc(-c2nc(N)c3cc(Cl)ccc3n2)cc1. The van der Waals surface area contributed by atoms with Crippen LogP contribution >= 0.6 is 11.6 Å². The average Bonchev–Trinajstić information content (AvgIpc) is 2.48. The number of hydrogen-bond donors (Lipinski definition) is 1. The highest BCUT2D eigenvalue weighted by Gasteiger charge is 2.07. The molecule has 0 aliphatic heterocycles. The lowest BCUT2D eigenvalue weighted by Gasteiger charge is -2.06. The summed E-state index contributed by atoms with van der Waals surface area (Å²) in [4.78, 5) is 8.93. The predicted octanol–water partition coefficient (Wildman–Crippen LogP) is 4.09. The molecule has 0 fully saturated rings. The van der Waals surface area contributed by atoms with E-state index in [1.165, 1.54) is 5.56 Å². The van der Waals surface area contributed by atoms with Crippen LogP contribution in [0.5, 0.6) is 0 Å². The second kappa shape index (κ2) is 5.10. The second-order valence-corrected chi connectivity index (χ2v) is 5.08. The Balaban J connectivity index is 2.14. The Morgan fingerprint density at radius 3 is 2.50 bits per heavy atom. The van der Waals surface area contributed by atoms with E-state index in [1.807, 2.05) is 18.2 Å². The van der Waals surface area contributed by atoms with Gasteiger partial charge in [-0.2, -0.15) is 0 Å². The molecule has 0 spiro atoms. The van der Waals surface area contributed by atoms with Crippen LogP contribution in [0.3, 0.4) is 0 Å². The first-order valence-electron chi connectivity index (χ1n) is 6.49. The van der Waals surface area contributed by atoms with Gasteiger partial charge >= 0.3 is 0 Å². The number of nitrogens with two attached hydrogens (primary N) is 1. The molecule has 0 amide bonds. The van der Waals surface area contributed by atoms with Crippen molar-refractivity contribution < 1.29 is 0 Å². The lowest BCUT2D eigenvalue weighted by Crippen LogP contribution is -1.98. The lowest BCUT2D eigenvalue weighted by atomic mass is 10.1. The normalized spacial score (nSPS) is 10.9. The van der Waals surface area contributed by atoms with Gasteiger partial charge in [0, 0.05) is 16.0 Å². The van der Waals surface area contributed by atoms with Crippen molar-refractivity contribution >= 4 is 28.3 Å². The van der Waals surface area contributed by atoms with Crippen molar-refractivity contribution in [3.05, 3.63) is 53.1 Å². The van der Waals surface area contributed by atoms with Crippen LogP contribution in [-0.4, -0.2) is 9.97 Å². The van der Waals surface area contributed by atoms with E-state index in [0.717, 1.165) is 22.9 Å². The first-order valence-corrected chi connectivity index (χ1v) is 6.87. The van der Waals surface area contributed by atoms with Crippen LogP contribution in [0.15, 0.2) is 42.5 Å². The fraction of sp³-hybridized carbons (Fsp3) is 0.125. The number of nitrogens with zero attached hydrogens (tertiary/aromatic N) is 2. The summed E-state index contributed by atoms with van der Waals surface area (Å²) in [7, 11) is 0. The molecule has 1 aromatic heterocycles. The molecule has 3 aromatic rings. The zero-order valence-corrected chi connectivity index (χ0v) is 11.9. The summed E-state index contributed by atoms with van der Waals surface area (Å²) in [6, 6.07) is 13.7. The molecule has 0 atom stereocenters. The molecule has 0 saturated carbocycles. The molecule has 1 heterocycles. The number of nitrogen functional groups attached to an aromatic ring is 1. The van der Waals surface area contributed by atoms with Crippen LogP contribution in [-0.2, 0) is 6.42 Å². The monoisotopic (exact) mass is 283 g/mol. The Hall–Kier alpha value is -2.13. The highest BCUT2D eigenvalue weighted by Crippen LogP contribution is 2.25. The summed E-state index contributed by atoms with van der Waals surface area (Å²) >= 11 is 5.97. The molecule has 2 aromatic carbocycles. The van der Waals surface area contributed by atoms with Gasteiger partial charge in [-0.1, -0.05) is 42.8 Å². The third kappa shape index (κ3) is 2.32. The number of anilines is 1. The van der Waals surface area contributed by atoms with Gasteiger partial charge in [0.25, 0.3) is 0 Å². The first-order chi connectivity index (χ1) is 9.67. The lowest BCUT2D eigenvalue weighted by molar-refractivity contribution is 1.14. The van der Waals surface area contributed by atoms with E-state index in [2.05, 4.69) is 29.0 Å². The van der Waals surface area contributed by atoms with E-state index in [-0.39, 0.29) is 0 Å². The number of aromatic nitrogens is 2. The zero-order chi connectivity index (χ0) is 14.1. The quantitative estimate of drug-likeness (QED) is 0.770. The van der Waals surface area contributed by atoms with Crippen LogP contribution in [0, 0.1) is 0 Å². The smallest absolute Gasteiger partial charge is 0.162 e. The summed E-state index contributed by atoms with van der Waals surface area (Å²) in [5, 5.41) is 1.42. The molecular formula is C16H14ClN3. The number of halogens is 1. The topological polar surface area (TPSA) is 51.8 Å². The van der Waals surface area contributed by atoms with Crippen molar-refractivity contribution in [2.75, 3.05) is 5.73 Å². The third-order valence-corrected chi connectivity index (χ3v) is 3.54. The van der Waals surface area contributed by atoms with Gasteiger partial charge < -0.3 is 5.73 Å². The summed E-state index contributed by atoms with van der Waals surface area (Å²) in [6.07, 6.45) is 1.01. The number of aryl methyl sites for hydroxylation is 1. The van der Waals surface area contributed by atoms with Gasteiger partial charge in [0.05, 0.1) is 5.52 Å². The number of hydrogen-bond acceptors (Lipinski definition) is 3. The molecular weight excluding hydrogens is 270 g/mol. The van der Waals surface area contributed by atoms with E-state index >= 15 is 0 Å². The maximum absolute atomic E-state index is 6.01. The standard InChI is InChI=1S/C16H14ClN3/c1-2-10-3-5-11(6-4-10)16-19-14-8-7-12(17)9-13(14)15(18)20-16/h3-9H,2H2,1H3,(H2,18,19,20). The Kier molecular flexibility index (Phi) is 3.28.